The summed E-state index contributed by atoms with van der Waals surface area (Å²) in [5.74, 6) is -2.76. The third-order valence-electron chi connectivity index (χ3n) is 4.70. The van der Waals surface area contributed by atoms with Crippen molar-refractivity contribution in [1.29, 1.82) is 0 Å². The minimum Gasteiger partial charge on any atom is -0.503 e. The van der Waals surface area contributed by atoms with Crippen LogP contribution >= 0.6 is 0 Å². The Bertz CT molecular complexity index is 1220. The molecule has 0 aliphatic carbocycles. The van der Waals surface area contributed by atoms with E-state index in [2.05, 4.69) is 10.6 Å². The lowest BCUT2D eigenvalue weighted by molar-refractivity contribution is 0.0696. The van der Waals surface area contributed by atoms with Crippen LogP contribution in [-0.2, 0) is 0 Å². The quantitative estimate of drug-likeness (QED) is 0.270. The average molecular weight is 451 g/mol. The Kier molecular flexibility index (Phi) is 6.68. The topological polar surface area (TPSA) is 160 Å². The number of methoxy groups -OCH3 is 2. The van der Waals surface area contributed by atoms with Gasteiger partial charge in [0.15, 0.2) is 11.5 Å². The van der Waals surface area contributed by atoms with E-state index in [9.17, 15) is 19.5 Å². The summed E-state index contributed by atoms with van der Waals surface area (Å²) in [6, 6.07) is 12.9. The highest BCUT2D eigenvalue weighted by Gasteiger charge is 2.21. The van der Waals surface area contributed by atoms with E-state index >= 15 is 0 Å². The number of benzene rings is 3. The molecule has 10 nitrogen and oxygen atoms in total. The normalized spacial score (nSPS) is 10.2. The number of ether oxygens (including phenoxy) is 2. The van der Waals surface area contributed by atoms with E-state index in [1.165, 1.54) is 56.7 Å². The van der Waals surface area contributed by atoms with Gasteiger partial charge in [0, 0.05) is 11.3 Å². The third kappa shape index (κ3) is 4.96. The zero-order valence-corrected chi connectivity index (χ0v) is 17.7. The minimum absolute atomic E-state index is 0.0127. The summed E-state index contributed by atoms with van der Waals surface area (Å²) in [5.41, 5.74) is 6.66. The standard InChI is InChI=1S/C23H21N3O7/c1-32-18-11-13(23(30)31)5-9-16(18)25-22(29)15-8-10-17(19(27)20(15)33-2)26-21(28)12-3-6-14(24)7-4-12/h3-11,27H,24H2,1-2H3,(H,25,29)(H,26,28)(H,30,31). The second kappa shape index (κ2) is 9.60. The molecule has 170 valence electrons. The van der Waals surface area contributed by atoms with Gasteiger partial charge in [-0.25, -0.2) is 4.79 Å². The number of aromatic hydroxyl groups is 1. The fraction of sp³-hybridized carbons (Fsp3) is 0.0870. The van der Waals surface area contributed by atoms with Gasteiger partial charge in [0.05, 0.1) is 36.7 Å². The molecule has 0 aromatic heterocycles. The first-order valence-corrected chi connectivity index (χ1v) is 9.54. The number of hydrogen-bond donors (Lipinski definition) is 5. The molecule has 0 bridgehead atoms. The number of rotatable bonds is 7. The number of carboxylic acids is 1. The van der Waals surface area contributed by atoms with E-state index in [0.29, 0.717) is 11.3 Å². The molecule has 0 atom stereocenters. The van der Waals surface area contributed by atoms with Crippen LogP contribution < -0.4 is 25.8 Å². The summed E-state index contributed by atoms with van der Waals surface area (Å²) in [4.78, 5) is 36.4. The van der Waals surface area contributed by atoms with E-state index in [1.807, 2.05) is 0 Å². The molecule has 0 heterocycles. The Morgan fingerprint density at radius 2 is 1.42 bits per heavy atom. The van der Waals surface area contributed by atoms with Crippen LogP contribution in [0.1, 0.15) is 31.1 Å². The van der Waals surface area contributed by atoms with Crippen LogP contribution in [0, 0.1) is 0 Å². The maximum Gasteiger partial charge on any atom is 0.335 e. The van der Waals surface area contributed by atoms with Gasteiger partial charge in [0.2, 0.25) is 0 Å². The number of aromatic carboxylic acids is 1. The molecule has 0 saturated heterocycles. The van der Waals surface area contributed by atoms with Crippen molar-refractivity contribution >= 4 is 34.8 Å². The first-order valence-electron chi connectivity index (χ1n) is 9.54. The van der Waals surface area contributed by atoms with Crippen LogP contribution in [0.15, 0.2) is 54.6 Å². The highest BCUT2D eigenvalue weighted by Crippen LogP contribution is 2.38. The lowest BCUT2D eigenvalue weighted by Gasteiger charge is -2.15. The maximum atomic E-state index is 12.8. The molecular formula is C23H21N3O7. The molecule has 0 aliphatic rings. The van der Waals surface area contributed by atoms with Crippen LogP contribution in [0.4, 0.5) is 17.1 Å². The van der Waals surface area contributed by atoms with Gasteiger partial charge in [-0.3, -0.25) is 9.59 Å². The SMILES string of the molecule is COc1cc(C(=O)O)ccc1NC(=O)c1ccc(NC(=O)c2ccc(N)cc2)c(O)c1OC. The molecule has 33 heavy (non-hydrogen) atoms. The molecule has 10 heteroatoms. The molecule has 2 amide bonds. The monoisotopic (exact) mass is 451 g/mol. The average Bonchev–Trinajstić information content (AvgIpc) is 2.80. The van der Waals surface area contributed by atoms with Crippen molar-refractivity contribution in [2.45, 2.75) is 0 Å². The molecule has 3 aromatic carbocycles. The largest absolute Gasteiger partial charge is 0.503 e. The van der Waals surface area contributed by atoms with Gasteiger partial charge in [0.1, 0.15) is 5.75 Å². The van der Waals surface area contributed by atoms with Gasteiger partial charge in [-0.05, 0) is 54.6 Å². The van der Waals surface area contributed by atoms with E-state index in [1.54, 1.807) is 12.1 Å². The first-order chi connectivity index (χ1) is 15.7. The van der Waals surface area contributed by atoms with E-state index in [0.717, 1.165) is 0 Å². The Labute approximate surface area is 188 Å². The van der Waals surface area contributed by atoms with Gasteiger partial charge in [-0.15, -0.1) is 0 Å². The molecule has 0 spiro atoms. The van der Waals surface area contributed by atoms with E-state index in [-0.39, 0.29) is 34.0 Å². The van der Waals surface area contributed by atoms with E-state index < -0.39 is 23.5 Å². The number of phenolic OH excluding ortho intramolecular Hbond substituents is 1. The van der Waals surface area contributed by atoms with Crippen molar-refractivity contribution in [2.75, 3.05) is 30.6 Å². The van der Waals surface area contributed by atoms with Crippen molar-refractivity contribution in [3.05, 3.63) is 71.3 Å². The summed E-state index contributed by atoms with van der Waals surface area (Å²) < 4.78 is 10.3. The van der Waals surface area contributed by atoms with Crippen LogP contribution in [0.5, 0.6) is 17.2 Å². The fourth-order valence-corrected chi connectivity index (χ4v) is 3.00. The fourth-order valence-electron chi connectivity index (χ4n) is 3.00. The Morgan fingerprint density at radius 1 is 0.818 bits per heavy atom. The summed E-state index contributed by atoms with van der Waals surface area (Å²) in [6.45, 7) is 0. The number of amides is 2. The van der Waals surface area contributed by atoms with Crippen LogP contribution in [-0.4, -0.2) is 42.2 Å². The van der Waals surface area contributed by atoms with Gasteiger partial charge in [0.25, 0.3) is 11.8 Å². The summed E-state index contributed by atoms with van der Waals surface area (Å²) in [5, 5.41) is 24.8. The number of carbonyl (C=O) groups excluding carboxylic acids is 2. The van der Waals surface area contributed by atoms with Crippen molar-refractivity contribution in [2.24, 2.45) is 0 Å². The molecule has 0 fully saturated rings. The highest BCUT2D eigenvalue weighted by molar-refractivity contribution is 6.10. The number of anilines is 3. The van der Waals surface area contributed by atoms with Gasteiger partial charge < -0.3 is 36.1 Å². The summed E-state index contributed by atoms with van der Waals surface area (Å²) in [7, 11) is 2.60. The lowest BCUT2D eigenvalue weighted by atomic mass is 10.1. The minimum atomic E-state index is -1.14. The van der Waals surface area contributed by atoms with Gasteiger partial charge in [-0.1, -0.05) is 0 Å². The first kappa shape index (κ1) is 22.9. The summed E-state index contributed by atoms with van der Waals surface area (Å²) in [6.07, 6.45) is 0. The molecule has 3 rings (SSSR count). The zero-order chi connectivity index (χ0) is 24.1. The Balaban J connectivity index is 1.86. The van der Waals surface area contributed by atoms with Gasteiger partial charge >= 0.3 is 5.97 Å². The zero-order valence-electron chi connectivity index (χ0n) is 17.7. The third-order valence-corrected chi connectivity index (χ3v) is 4.70. The maximum absolute atomic E-state index is 12.8. The molecule has 6 N–H and O–H groups in total. The predicted molar refractivity (Wildman–Crippen MR) is 121 cm³/mol. The van der Waals surface area contributed by atoms with E-state index in [4.69, 9.17) is 20.3 Å². The molecule has 0 aliphatic heterocycles. The van der Waals surface area contributed by atoms with Gasteiger partial charge in [-0.2, -0.15) is 0 Å². The molecule has 3 aromatic rings. The molecule has 0 unspecified atom stereocenters. The molecule has 0 radical (unpaired) electrons. The van der Waals surface area contributed by atoms with Crippen LogP contribution in [0.3, 0.4) is 0 Å². The van der Waals surface area contributed by atoms with Crippen LogP contribution in [0.2, 0.25) is 0 Å². The van der Waals surface area contributed by atoms with Crippen molar-refractivity contribution in [3.8, 4) is 17.2 Å². The van der Waals surface area contributed by atoms with Crippen molar-refractivity contribution < 1.29 is 34.1 Å². The molecular weight excluding hydrogens is 430 g/mol. The Morgan fingerprint density at radius 3 is 2.03 bits per heavy atom. The second-order valence-electron chi connectivity index (χ2n) is 6.79. The number of carboxylic acid groups (broad SMARTS) is 1. The highest BCUT2D eigenvalue weighted by atomic mass is 16.5. The lowest BCUT2D eigenvalue weighted by Crippen LogP contribution is -2.16. The predicted octanol–water partition coefficient (Wildman–Crippen LogP) is 3.19. The Hall–Kier alpha value is -4.73. The van der Waals surface area contributed by atoms with Crippen molar-refractivity contribution in [3.63, 3.8) is 0 Å². The smallest absolute Gasteiger partial charge is 0.335 e. The number of phenols is 1. The number of hydrogen-bond acceptors (Lipinski definition) is 7. The summed E-state index contributed by atoms with van der Waals surface area (Å²) >= 11 is 0. The van der Waals surface area contributed by atoms with Crippen molar-refractivity contribution in [1.82, 2.24) is 0 Å². The number of carbonyl (C=O) groups is 3. The van der Waals surface area contributed by atoms with Crippen LogP contribution in [0.25, 0.3) is 0 Å². The number of nitrogens with one attached hydrogen (secondary N) is 2. The number of nitrogens with two attached hydrogens (primary N) is 1. The number of nitrogen functional groups attached to an aromatic ring is 1. The second-order valence-corrected chi connectivity index (χ2v) is 6.79. The molecule has 0 saturated carbocycles.